The number of aromatic hydroxyl groups is 1. The summed E-state index contributed by atoms with van der Waals surface area (Å²) in [6.45, 7) is 2.61. The second-order valence-corrected chi connectivity index (χ2v) is 4.28. The third-order valence-electron chi connectivity index (χ3n) is 2.75. The first-order valence-corrected chi connectivity index (χ1v) is 6.30. The lowest BCUT2D eigenvalue weighted by atomic mass is 10.1. The van der Waals surface area contributed by atoms with E-state index in [4.69, 9.17) is 4.74 Å². The van der Waals surface area contributed by atoms with Crippen molar-refractivity contribution in [2.24, 2.45) is 0 Å². The molecule has 2 rings (SSSR count). The van der Waals surface area contributed by atoms with Crippen LogP contribution in [0.3, 0.4) is 0 Å². The van der Waals surface area contributed by atoms with Gasteiger partial charge in [-0.3, -0.25) is 4.79 Å². The number of phenolic OH excluding ortho intramolecular Hbond substituents is 1. The molecule has 0 aliphatic heterocycles. The molecule has 0 fully saturated rings. The zero-order valence-corrected chi connectivity index (χ0v) is 10.8. The number of benzene rings is 2. The van der Waals surface area contributed by atoms with Crippen LogP contribution in [0.5, 0.6) is 5.75 Å². The predicted molar refractivity (Wildman–Crippen MR) is 75.4 cm³/mol. The Morgan fingerprint density at radius 2 is 1.95 bits per heavy atom. The van der Waals surface area contributed by atoms with E-state index in [1.54, 1.807) is 24.3 Å². The minimum atomic E-state index is -0.190. The number of nitrogens with one attached hydrogen (secondary N) is 1. The highest BCUT2D eigenvalue weighted by Gasteiger charge is 2.07. The molecule has 100 valence electrons. The van der Waals surface area contributed by atoms with Gasteiger partial charge < -0.3 is 15.2 Å². The number of phenols is 1. The van der Waals surface area contributed by atoms with Crippen molar-refractivity contribution < 1.29 is 14.6 Å². The highest BCUT2D eigenvalue weighted by atomic mass is 16.5. The topological polar surface area (TPSA) is 58.6 Å². The summed E-state index contributed by atoms with van der Waals surface area (Å²) in [5.74, 6) is 0.0140. The molecule has 0 saturated carbocycles. The van der Waals surface area contributed by atoms with E-state index in [1.807, 2.05) is 19.1 Å². The van der Waals surface area contributed by atoms with E-state index in [0.29, 0.717) is 12.3 Å². The van der Waals surface area contributed by atoms with Crippen LogP contribution in [0.2, 0.25) is 0 Å². The third-order valence-corrected chi connectivity index (χ3v) is 2.75. The van der Waals surface area contributed by atoms with Gasteiger partial charge in [0.15, 0.2) is 0 Å². The quantitative estimate of drug-likeness (QED) is 0.812. The Morgan fingerprint density at radius 1 is 1.21 bits per heavy atom. The smallest absolute Gasteiger partial charge is 0.250 e. The number of rotatable bonds is 5. The Kier molecular flexibility index (Phi) is 4.36. The summed E-state index contributed by atoms with van der Waals surface area (Å²) < 4.78 is 5.19. The number of amides is 1. The summed E-state index contributed by atoms with van der Waals surface area (Å²) >= 11 is 0. The van der Waals surface area contributed by atoms with Crippen LogP contribution in [0.15, 0.2) is 36.4 Å². The number of carbonyl (C=O) groups is 1. The van der Waals surface area contributed by atoms with Crippen LogP contribution < -0.4 is 5.32 Å². The molecular formula is C15H17NO3. The lowest BCUT2D eigenvalue weighted by molar-refractivity contribution is -0.120. The Labute approximate surface area is 112 Å². The molecule has 1 amide bonds. The zero-order valence-electron chi connectivity index (χ0n) is 10.8. The van der Waals surface area contributed by atoms with Gasteiger partial charge in [0.25, 0.3) is 0 Å². The van der Waals surface area contributed by atoms with Crippen molar-refractivity contribution in [3.63, 3.8) is 0 Å². The third kappa shape index (κ3) is 3.23. The summed E-state index contributed by atoms with van der Waals surface area (Å²) in [5.41, 5.74) is 0.679. The van der Waals surface area contributed by atoms with Crippen LogP contribution in [0.4, 0.5) is 5.69 Å². The van der Waals surface area contributed by atoms with Gasteiger partial charge in [0.2, 0.25) is 5.91 Å². The normalized spacial score (nSPS) is 10.6. The number of hydrogen-bond acceptors (Lipinski definition) is 3. The number of fused-ring (bicyclic) bond motifs is 1. The molecule has 2 aromatic rings. The number of carbonyl (C=O) groups excluding carboxylic acids is 1. The van der Waals surface area contributed by atoms with E-state index in [9.17, 15) is 9.90 Å². The van der Waals surface area contributed by atoms with Crippen LogP contribution in [-0.2, 0) is 9.53 Å². The molecule has 0 radical (unpaired) electrons. The minimum Gasteiger partial charge on any atom is -0.507 e. The molecule has 0 aromatic heterocycles. The van der Waals surface area contributed by atoms with Gasteiger partial charge in [0.05, 0.1) is 0 Å². The van der Waals surface area contributed by atoms with Gasteiger partial charge in [-0.2, -0.15) is 0 Å². The molecule has 0 aliphatic rings. The zero-order chi connectivity index (χ0) is 13.7. The van der Waals surface area contributed by atoms with Crippen LogP contribution in [0.25, 0.3) is 10.8 Å². The fourth-order valence-electron chi connectivity index (χ4n) is 1.90. The molecule has 0 unspecified atom stereocenters. The van der Waals surface area contributed by atoms with Crippen LogP contribution in [0, 0.1) is 0 Å². The molecule has 4 heteroatoms. The second kappa shape index (κ2) is 6.20. The average Bonchev–Trinajstić information content (AvgIpc) is 2.40. The molecule has 0 spiro atoms. The molecular weight excluding hydrogens is 242 g/mol. The van der Waals surface area contributed by atoms with E-state index < -0.39 is 0 Å². The van der Waals surface area contributed by atoms with Gasteiger partial charge in [-0.05, 0) is 18.6 Å². The van der Waals surface area contributed by atoms with E-state index in [2.05, 4.69) is 5.32 Å². The summed E-state index contributed by atoms with van der Waals surface area (Å²) in [7, 11) is 0. The van der Waals surface area contributed by atoms with Crippen LogP contribution >= 0.6 is 0 Å². The fourth-order valence-corrected chi connectivity index (χ4v) is 1.90. The summed E-state index contributed by atoms with van der Waals surface area (Å²) in [6, 6.07) is 10.6. The molecule has 2 aromatic carbocycles. The maximum Gasteiger partial charge on any atom is 0.250 e. The average molecular weight is 259 g/mol. The van der Waals surface area contributed by atoms with Gasteiger partial charge >= 0.3 is 0 Å². The molecule has 0 saturated heterocycles. The first-order valence-electron chi connectivity index (χ1n) is 6.30. The Bertz CT molecular complexity index is 581. The fraction of sp³-hybridized carbons (Fsp3) is 0.267. The van der Waals surface area contributed by atoms with E-state index in [-0.39, 0.29) is 18.3 Å². The van der Waals surface area contributed by atoms with Crippen LogP contribution in [0.1, 0.15) is 13.3 Å². The SMILES string of the molecule is CCCOCC(=O)Nc1cccc2c(O)cccc12. The summed E-state index contributed by atoms with van der Waals surface area (Å²) in [4.78, 5) is 11.7. The van der Waals surface area contributed by atoms with Crippen molar-refractivity contribution in [3.05, 3.63) is 36.4 Å². The largest absolute Gasteiger partial charge is 0.507 e. The van der Waals surface area contributed by atoms with Crippen molar-refractivity contribution in [2.75, 3.05) is 18.5 Å². The Hall–Kier alpha value is -2.07. The standard InChI is InChI=1S/C15H17NO3/c1-2-9-19-10-15(18)16-13-7-3-6-12-11(13)5-4-8-14(12)17/h3-8,17H,2,9-10H2,1H3,(H,16,18). The minimum absolute atomic E-state index is 0.0447. The second-order valence-electron chi connectivity index (χ2n) is 4.28. The molecule has 0 aliphatic carbocycles. The van der Waals surface area contributed by atoms with Gasteiger partial charge in [0.1, 0.15) is 12.4 Å². The maximum atomic E-state index is 11.7. The predicted octanol–water partition coefficient (Wildman–Crippen LogP) is 2.91. The molecule has 19 heavy (non-hydrogen) atoms. The highest BCUT2D eigenvalue weighted by molar-refractivity contribution is 6.04. The van der Waals surface area contributed by atoms with Crippen molar-refractivity contribution in [1.82, 2.24) is 0 Å². The molecule has 2 N–H and O–H groups in total. The van der Waals surface area contributed by atoms with E-state index >= 15 is 0 Å². The first-order chi connectivity index (χ1) is 9.22. The maximum absolute atomic E-state index is 11.7. The lowest BCUT2D eigenvalue weighted by Gasteiger charge is -2.09. The summed E-state index contributed by atoms with van der Waals surface area (Å²) in [5, 5.41) is 14.1. The van der Waals surface area contributed by atoms with Crippen molar-refractivity contribution in [1.29, 1.82) is 0 Å². The number of hydrogen-bond donors (Lipinski definition) is 2. The molecule has 0 bridgehead atoms. The van der Waals surface area contributed by atoms with Gasteiger partial charge in [-0.25, -0.2) is 0 Å². The summed E-state index contributed by atoms with van der Waals surface area (Å²) in [6.07, 6.45) is 0.884. The first kappa shape index (κ1) is 13.4. The molecule has 0 heterocycles. The Morgan fingerprint density at radius 3 is 2.74 bits per heavy atom. The van der Waals surface area contributed by atoms with Crippen molar-refractivity contribution in [3.8, 4) is 5.75 Å². The lowest BCUT2D eigenvalue weighted by Crippen LogP contribution is -2.18. The van der Waals surface area contributed by atoms with Crippen LogP contribution in [-0.4, -0.2) is 24.2 Å². The van der Waals surface area contributed by atoms with Crippen molar-refractivity contribution >= 4 is 22.4 Å². The monoisotopic (exact) mass is 259 g/mol. The number of anilines is 1. The van der Waals surface area contributed by atoms with Crippen molar-refractivity contribution in [2.45, 2.75) is 13.3 Å². The van der Waals surface area contributed by atoms with E-state index in [0.717, 1.165) is 17.2 Å². The molecule has 4 nitrogen and oxygen atoms in total. The van der Waals surface area contributed by atoms with Gasteiger partial charge in [-0.15, -0.1) is 0 Å². The highest BCUT2D eigenvalue weighted by Crippen LogP contribution is 2.29. The van der Waals surface area contributed by atoms with Gasteiger partial charge in [-0.1, -0.05) is 31.2 Å². The molecule has 0 atom stereocenters. The van der Waals surface area contributed by atoms with E-state index in [1.165, 1.54) is 0 Å². The Balaban J connectivity index is 2.17. The van der Waals surface area contributed by atoms with Gasteiger partial charge in [0, 0.05) is 23.1 Å². The number of ether oxygens (including phenoxy) is 1.